The summed E-state index contributed by atoms with van der Waals surface area (Å²) in [6, 6.07) is 14.1. The van der Waals surface area contributed by atoms with E-state index in [1.54, 1.807) is 43.3 Å². The Kier molecular flexibility index (Phi) is 4.48. The van der Waals surface area contributed by atoms with E-state index < -0.39 is 0 Å². The van der Waals surface area contributed by atoms with Crippen LogP contribution in [0, 0.1) is 0 Å². The average molecular weight is 334 g/mol. The summed E-state index contributed by atoms with van der Waals surface area (Å²) in [5.74, 6) is -0.352. The predicted octanol–water partition coefficient (Wildman–Crippen LogP) is 3.45. The SMILES string of the molecule is CC(=O)Nc1ccc(NCC2=C(C)C(=O)c3ccccc3C2=O)cc1. The number of nitrogens with one attached hydrogen (secondary N) is 2. The molecule has 0 heterocycles. The molecule has 1 amide bonds. The topological polar surface area (TPSA) is 75.3 Å². The van der Waals surface area contributed by atoms with Gasteiger partial charge in [-0.3, -0.25) is 14.4 Å². The molecule has 1 aliphatic carbocycles. The number of fused-ring (bicyclic) bond motifs is 1. The molecule has 0 spiro atoms. The van der Waals surface area contributed by atoms with E-state index in [0.717, 1.165) is 5.69 Å². The fraction of sp³-hybridized carbons (Fsp3) is 0.150. The molecule has 0 saturated carbocycles. The standard InChI is InChI=1S/C20H18N2O3/c1-12-18(20(25)17-6-4-3-5-16(17)19(12)24)11-21-14-7-9-15(10-8-14)22-13(2)23/h3-10,21H,11H2,1-2H3,(H,22,23). The lowest BCUT2D eigenvalue weighted by Crippen LogP contribution is -2.25. The normalized spacial score (nSPS) is 13.5. The van der Waals surface area contributed by atoms with Crippen LogP contribution >= 0.6 is 0 Å². The third-order valence-electron chi connectivity index (χ3n) is 4.16. The first-order valence-corrected chi connectivity index (χ1v) is 7.97. The summed E-state index contributed by atoms with van der Waals surface area (Å²) in [7, 11) is 0. The molecule has 5 heteroatoms. The van der Waals surface area contributed by atoms with E-state index in [0.29, 0.717) is 28.0 Å². The second-order valence-electron chi connectivity index (χ2n) is 5.92. The fourth-order valence-corrected chi connectivity index (χ4v) is 2.83. The van der Waals surface area contributed by atoms with Gasteiger partial charge in [-0.15, -0.1) is 0 Å². The molecule has 0 aliphatic heterocycles. The van der Waals surface area contributed by atoms with Crippen LogP contribution in [0.3, 0.4) is 0 Å². The molecule has 3 rings (SSSR count). The molecule has 0 fully saturated rings. The van der Waals surface area contributed by atoms with Gasteiger partial charge in [0.15, 0.2) is 11.6 Å². The number of anilines is 2. The molecule has 1 aliphatic rings. The van der Waals surface area contributed by atoms with E-state index >= 15 is 0 Å². The minimum Gasteiger partial charge on any atom is -0.381 e. The van der Waals surface area contributed by atoms with Gasteiger partial charge in [-0.2, -0.15) is 0 Å². The quantitative estimate of drug-likeness (QED) is 0.898. The van der Waals surface area contributed by atoms with Crippen molar-refractivity contribution in [1.82, 2.24) is 0 Å². The van der Waals surface area contributed by atoms with Gasteiger partial charge in [0.05, 0.1) is 0 Å². The third kappa shape index (κ3) is 3.35. The van der Waals surface area contributed by atoms with E-state index in [9.17, 15) is 14.4 Å². The molecule has 25 heavy (non-hydrogen) atoms. The summed E-state index contributed by atoms with van der Waals surface area (Å²) in [5.41, 5.74) is 3.38. The van der Waals surface area contributed by atoms with Crippen LogP contribution in [0.15, 0.2) is 59.7 Å². The van der Waals surface area contributed by atoms with Crippen molar-refractivity contribution < 1.29 is 14.4 Å². The molecular formula is C20H18N2O3. The van der Waals surface area contributed by atoms with Crippen LogP contribution in [0.2, 0.25) is 0 Å². The third-order valence-corrected chi connectivity index (χ3v) is 4.16. The monoisotopic (exact) mass is 334 g/mol. The molecule has 2 aromatic rings. The molecule has 126 valence electrons. The molecule has 0 aromatic heterocycles. The van der Waals surface area contributed by atoms with Crippen molar-refractivity contribution in [3.05, 3.63) is 70.8 Å². The largest absolute Gasteiger partial charge is 0.381 e. The highest BCUT2D eigenvalue weighted by Gasteiger charge is 2.29. The zero-order valence-electron chi connectivity index (χ0n) is 14.1. The van der Waals surface area contributed by atoms with Gasteiger partial charge in [-0.05, 0) is 31.2 Å². The second kappa shape index (κ2) is 6.73. The summed E-state index contributed by atoms with van der Waals surface area (Å²) in [6.45, 7) is 3.40. The smallest absolute Gasteiger partial charge is 0.221 e. The number of rotatable bonds is 4. The highest BCUT2D eigenvalue weighted by atomic mass is 16.1. The Morgan fingerprint density at radius 1 is 0.880 bits per heavy atom. The van der Waals surface area contributed by atoms with E-state index in [4.69, 9.17) is 0 Å². The van der Waals surface area contributed by atoms with Crippen LogP contribution in [0.5, 0.6) is 0 Å². The Hall–Kier alpha value is -3.21. The van der Waals surface area contributed by atoms with Gasteiger partial charge in [0, 0.05) is 47.1 Å². The van der Waals surface area contributed by atoms with Crippen molar-refractivity contribution in [3.8, 4) is 0 Å². The van der Waals surface area contributed by atoms with Gasteiger partial charge < -0.3 is 10.6 Å². The van der Waals surface area contributed by atoms with Crippen molar-refractivity contribution in [2.24, 2.45) is 0 Å². The summed E-state index contributed by atoms with van der Waals surface area (Å²) < 4.78 is 0. The zero-order chi connectivity index (χ0) is 18.0. The summed E-state index contributed by atoms with van der Waals surface area (Å²) in [6.07, 6.45) is 0. The Bertz CT molecular complexity index is 895. The van der Waals surface area contributed by atoms with Crippen LogP contribution < -0.4 is 10.6 Å². The van der Waals surface area contributed by atoms with E-state index in [2.05, 4.69) is 10.6 Å². The molecule has 0 saturated heterocycles. The van der Waals surface area contributed by atoms with E-state index in [1.165, 1.54) is 6.92 Å². The lowest BCUT2D eigenvalue weighted by molar-refractivity contribution is -0.114. The van der Waals surface area contributed by atoms with Gasteiger partial charge in [-0.1, -0.05) is 24.3 Å². The highest BCUT2D eigenvalue weighted by Crippen LogP contribution is 2.26. The van der Waals surface area contributed by atoms with E-state index in [1.807, 2.05) is 12.1 Å². The lowest BCUT2D eigenvalue weighted by Gasteiger charge is -2.19. The van der Waals surface area contributed by atoms with Crippen LogP contribution in [-0.2, 0) is 4.79 Å². The Balaban J connectivity index is 1.77. The molecular weight excluding hydrogens is 316 g/mol. The average Bonchev–Trinajstić information content (AvgIpc) is 2.61. The van der Waals surface area contributed by atoms with Crippen molar-refractivity contribution in [2.45, 2.75) is 13.8 Å². The van der Waals surface area contributed by atoms with Crippen molar-refractivity contribution in [2.75, 3.05) is 17.2 Å². The number of amides is 1. The van der Waals surface area contributed by atoms with Gasteiger partial charge in [0.1, 0.15) is 0 Å². The Morgan fingerprint density at radius 3 is 2.04 bits per heavy atom. The summed E-state index contributed by atoms with van der Waals surface area (Å²) >= 11 is 0. The predicted molar refractivity (Wildman–Crippen MR) is 97.0 cm³/mol. The maximum atomic E-state index is 12.7. The van der Waals surface area contributed by atoms with Crippen LogP contribution in [0.4, 0.5) is 11.4 Å². The highest BCUT2D eigenvalue weighted by molar-refractivity contribution is 6.27. The van der Waals surface area contributed by atoms with E-state index in [-0.39, 0.29) is 24.0 Å². The van der Waals surface area contributed by atoms with Gasteiger partial charge in [0.2, 0.25) is 5.91 Å². The second-order valence-corrected chi connectivity index (χ2v) is 5.92. The fourth-order valence-electron chi connectivity index (χ4n) is 2.83. The first-order chi connectivity index (χ1) is 12.0. The number of hydrogen-bond donors (Lipinski definition) is 2. The number of benzene rings is 2. The Morgan fingerprint density at radius 2 is 1.44 bits per heavy atom. The van der Waals surface area contributed by atoms with Gasteiger partial charge in [0.25, 0.3) is 0 Å². The molecule has 0 radical (unpaired) electrons. The zero-order valence-corrected chi connectivity index (χ0v) is 14.1. The first-order valence-electron chi connectivity index (χ1n) is 7.97. The number of Topliss-reactive ketones (excluding diaryl/α,β-unsaturated/α-hetero) is 2. The van der Waals surface area contributed by atoms with Crippen molar-refractivity contribution in [1.29, 1.82) is 0 Å². The number of hydrogen-bond acceptors (Lipinski definition) is 4. The molecule has 0 atom stereocenters. The Labute approximate surface area is 145 Å². The molecule has 0 bridgehead atoms. The molecule has 0 unspecified atom stereocenters. The summed E-state index contributed by atoms with van der Waals surface area (Å²) in [5, 5.41) is 5.86. The minimum absolute atomic E-state index is 0.104. The van der Waals surface area contributed by atoms with Gasteiger partial charge >= 0.3 is 0 Å². The van der Waals surface area contributed by atoms with Crippen LogP contribution in [-0.4, -0.2) is 24.0 Å². The first kappa shape index (κ1) is 16.6. The van der Waals surface area contributed by atoms with Crippen molar-refractivity contribution in [3.63, 3.8) is 0 Å². The van der Waals surface area contributed by atoms with Crippen LogP contribution in [0.25, 0.3) is 0 Å². The lowest BCUT2D eigenvalue weighted by atomic mass is 9.84. The van der Waals surface area contributed by atoms with Crippen LogP contribution in [0.1, 0.15) is 34.6 Å². The summed E-state index contributed by atoms with van der Waals surface area (Å²) in [4.78, 5) is 36.2. The molecule has 2 aromatic carbocycles. The van der Waals surface area contributed by atoms with Crippen molar-refractivity contribution >= 4 is 28.8 Å². The minimum atomic E-state index is -0.133. The number of ketones is 2. The number of carbonyl (C=O) groups is 3. The maximum Gasteiger partial charge on any atom is 0.221 e. The maximum absolute atomic E-state index is 12.7. The molecule has 5 nitrogen and oxygen atoms in total. The number of allylic oxidation sites excluding steroid dienone is 1. The molecule has 2 N–H and O–H groups in total. The van der Waals surface area contributed by atoms with Gasteiger partial charge in [-0.25, -0.2) is 0 Å². The number of carbonyl (C=O) groups excluding carboxylic acids is 3.